The van der Waals surface area contributed by atoms with Crippen molar-refractivity contribution in [3.8, 4) is 5.75 Å². The Bertz CT molecular complexity index is 623. The van der Waals surface area contributed by atoms with Gasteiger partial charge in [-0.15, -0.1) is 0 Å². The van der Waals surface area contributed by atoms with Gasteiger partial charge in [0.2, 0.25) is 5.82 Å². The lowest BCUT2D eigenvalue weighted by atomic mass is 10.3. The van der Waals surface area contributed by atoms with Crippen molar-refractivity contribution in [3.05, 3.63) is 52.5 Å². The zero-order valence-electron chi connectivity index (χ0n) is 10.6. The lowest BCUT2D eigenvalue weighted by molar-refractivity contribution is -0.391. The number of benzene rings is 1. The number of ether oxygens (including phenoxy) is 2. The van der Waals surface area contributed by atoms with E-state index in [2.05, 4.69) is 4.98 Å². The van der Waals surface area contributed by atoms with Crippen LogP contribution in [0.2, 0.25) is 0 Å². The Hall–Kier alpha value is -2.90. The van der Waals surface area contributed by atoms with E-state index in [9.17, 15) is 14.9 Å². The Labute approximate surface area is 113 Å². The van der Waals surface area contributed by atoms with Crippen molar-refractivity contribution in [1.29, 1.82) is 0 Å². The molecule has 0 aliphatic carbocycles. The van der Waals surface area contributed by atoms with Crippen molar-refractivity contribution < 1.29 is 19.2 Å². The fraction of sp³-hybridized carbons (Fsp3) is 0.167. The summed E-state index contributed by atoms with van der Waals surface area (Å²) >= 11 is 0. The van der Waals surface area contributed by atoms with Crippen molar-refractivity contribution in [2.24, 2.45) is 7.05 Å². The molecule has 0 aliphatic rings. The summed E-state index contributed by atoms with van der Waals surface area (Å²) in [5.41, 5.74) is 0. The molecule has 0 unspecified atom stereocenters. The number of carbonyl (C=O) groups excluding carboxylic acids is 1. The fourth-order valence-corrected chi connectivity index (χ4v) is 1.48. The number of rotatable bonds is 4. The van der Waals surface area contributed by atoms with E-state index < -0.39 is 11.1 Å². The lowest BCUT2D eigenvalue weighted by Gasteiger charge is -2.04. The molecule has 0 N–H and O–H groups in total. The van der Waals surface area contributed by atoms with Gasteiger partial charge >= 0.3 is 12.0 Å². The molecule has 1 heterocycles. The summed E-state index contributed by atoms with van der Waals surface area (Å²) in [6, 6.07) is 8.42. The van der Waals surface area contributed by atoms with Gasteiger partial charge in [-0.05, 0) is 17.1 Å². The first-order valence-electron chi connectivity index (χ1n) is 5.62. The standard InChI is InChI=1S/C12H11N3O5/c1-14-10(13-7-11(14)15(17)18)8-19-12(16)20-9-5-3-2-4-6-9/h2-7H,8H2,1H3. The molecule has 1 aromatic carbocycles. The molecule has 0 radical (unpaired) electrons. The highest BCUT2D eigenvalue weighted by molar-refractivity contribution is 5.63. The molecular weight excluding hydrogens is 266 g/mol. The van der Waals surface area contributed by atoms with Crippen LogP contribution in [0.15, 0.2) is 36.5 Å². The molecule has 0 saturated heterocycles. The van der Waals surface area contributed by atoms with Gasteiger partial charge in [0.25, 0.3) is 0 Å². The highest BCUT2D eigenvalue weighted by atomic mass is 16.7. The Balaban J connectivity index is 1.92. The van der Waals surface area contributed by atoms with Crippen LogP contribution in [0.1, 0.15) is 5.82 Å². The first-order valence-corrected chi connectivity index (χ1v) is 5.62. The normalized spacial score (nSPS) is 10.1. The SMILES string of the molecule is Cn1c([N+](=O)[O-])cnc1COC(=O)Oc1ccccc1. The van der Waals surface area contributed by atoms with Crippen LogP contribution in [0.3, 0.4) is 0 Å². The van der Waals surface area contributed by atoms with Crippen LogP contribution in [-0.2, 0) is 18.4 Å². The van der Waals surface area contributed by atoms with E-state index in [1.165, 1.54) is 11.6 Å². The molecule has 104 valence electrons. The highest BCUT2D eigenvalue weighted by Crippen LogP contribution is 2.13. The summed E-state index contributed by atoms with van der Waals surface area (Å²) in [6.45, 7) is -0.212. The Morgan fingerprint density at radius 3 is 2.70 bits per heavy atom. The number of aromatic nitrogens is 2. The van der Waals surface area contributed by atoms with Crippen LogP contribution in [-0.4, -0.2) is 20.6 Å². The van der Waals surface area contributed by atoms with Gasteiger partial charge in [0, 0.05) is 0 Å². The van der Waals surface area contributed by atoms with Crippen LogP contribution >= 0.6 is 0 Å². The second kappa shape index (κ2) is 5.83. The molecule has 0 amide bonds. The summed E-state index contributed by atoms with van der Waals surface area (Å²) in [7, 11) is 1.46. The number of nitrogens with zero attached hydrogens (tertiary/aromatic N) is 3. The third-order valence-electron chi connectivity index (χ3n) is 2.51. The molecule has 0 bridgehead atoms. The molecule has 1 aromatic heterocycles. The van der Waals surface area contributed by atoms with E-state index >= 15 is 0 Å². The predicted molar refractivity (Wildman–Crippen MR) is 67.1 cm³/mol. The second-order valence-electron chi connectivity index (χ2n) is 3.80. The molecule has 0 aliphatic heterocycles. The van der Waals surface area contributed by atoms with Gasteiger partial charge in [-0.3, -0.25) is 0 Å². The Morgan fingerprint density at radius 1 is 1.40 bits per heavy atom. The van der Waals surface area contributed by atoms with Crippen LogP contribution in [0.4, 0.5) is 10.6 Å². The Morgan fingerprint density at radius 2 is 2.10 bits per heavy atom. The predicted octanol–water partition coefficient (Wildman–Crippen LogP) is 2.04. The maximum absolute atomic E-state index is 11.4. The van der Waals surface area contributed by atoms with Crippen LogP contribution in [0, 0.1) is 10.1 Å². The van der Waals surface area contributed by atoms with Crippen LogP contribution < -0.4 is 4.74 Å². The number of nitro groups is 1. The Kier molecular flexibility index (Phi) is 3.94. The van der Waals surface area contributed by atoms with Crippen molar-refractivity contribution in [2.75, 3.05) is 0 Å². The molecular formula is C12H11N3O5. The van der Waals surface area contributed by atoms with Gasteiger partial charge in [-0.2, -0.15) is 0 Å². The molecule has 8 heteroatoms. The summed E-state index contributed by atoms with van der Waals surface area (Å²) in [6.07, 6.45) is 0.197. The van der Waals surface area contributed by atoms with Crippen molar-refractivity contribution in [1.82, 2.24) is 9.55 Å². The molecule has 0 saturated carbocycles. The first kappa shape index (κ1) is 13.5. The van der Waals surface area contributed by atoms with Gasteiger partial charge in [0.15, 0.2) is 6.61 Å². The highest BCUT2D eigenvalue weighted by Gasteiger charge is 2.18. The van der Waals surface area contributed by atoms with E-state index in [4.69, 9.17) is 9.47 Å². The van der Waals surface area contributed by atoms with E-state index in [0.29, 0.717) is 5.75 Å². The number of hydrogen-bond acceptors (Lipinski definition) is 6. The molecule has 2 rings (SSSR count). The van der Waals surface area contributed by atoms with Gasteiger partial charge in [-0.25, -0.2) is 14.3 Å². The van der Waals surface area contributed by atoms with Crippen molar-refractivity contribution in [2.45, 2.75) is 6.61 Å². The third kappa shape index (κ3) is 3.10. The van der Waals surface area contributed by atoms with Crippen LogP contribution in [0.5, 0.6) is 5.75 Å². The zero-order valence-corrected chi connectivity index (χ0v) is 10.6. The van der Waals surface area contributed by atoms with Gasteiger partial charge in [-0.1, -0.05) is 18.2 Å². The average molecular weight is 277 g/mol. The van der Waals surface area contributed by atoms with Gasteiger partial charge in [0.1, 0.15) is 11.9 Å². The third-order valence-corrected chi connectivity index (χ3v) is 2.51. The first-order chi connectivity index (χ1) is 9.58. The van der Waals surface area contributed by atoms with E-state index in [0.717, 1.165) is 6.20 Å². The largest absolute Gasteiger partial charge is 0.514 e. The number of para-hydroxylation sites is 1. The molecule has 0 fully saturated rings. The van der Waals surface area contributed by atoms with E-state index in [1.807, 2.05) is 0 Å². The minimum atomic E-state index is -0.901. The molecule has 0 atom stereocenters. The van der Waals surface area contributed by atoms with Crippen molar-refractivity contribution >= 4 is 12.0 Å². The number of imidazole rings is 1. The fourth-order valence-electron chi connectivity index (χ4n) is 1.48. The van der Waals surface area contributed by atoms with Crippen molar-refractivity contribution in [3.63, 3.8) is 0 Å². The minimum absolute atomic E-state index is 0.181. The minimum Gasteiger partial charge on any atom is -0.423 e. The maximum Gasteiger partial charge on any atom is 0.514 e. The average Bonchev–Trinajstić information content (AvgIpc) is 2.79. The molecule has 20 heavy (non-hydrogen) atoms. The summed E-state index contributed by atoms with van der Waals surface area (Å²) < 4.78 is 11.0. The maximum atomic E-state index is 11.4. The van der Waals surface area contributed by atoms with E-state index in [1.54, 1.807) is 30.3 Å². The van der Waals surface area contributed by atoms with Gasteiger partial charge < -0.3 is 19.6 Å². The summed E-state index contributed by atoms with van der Waals surface area (Å²) in [4.78, 5) is 25.3. The number of hydrogen-bond donors (Lipinski definition) is 0. The topological polar surface area (TPSA) is 96.5 Å². The zero-order chi connectivity index (χ0) is 14.5. The van der Waals surface area contributed by atoms with E-state index in [-0.39, 0.29) is 18.2 Å². The van der Waals surface area contributed by atoms with Crippen LogP contribution in [0.25, 0.3) is 0 Å². The molecule has 8 nitrogen and oxygen atoms in total. The smallest absolute Gasteiger partial charge is 0.423 e. The quantitative estimate of drug-likeness (QED) is 0.367. The lowest BCUT2D eigenvalue weighted by Crippen LogP contribution is -2.12. The molecule has 0 spiro atoms. The molecule has 2 aromatic rings. The summed E-state index contributed by atoms with van der Waals surface area (Å²) in [5.74, 6) is 0.421. The van der Waals surface area contributed by atoms with Gasteiger partial charge in [0.05, 0.1) is 7.05 Å². The second-order valence-corrected chi connectivity index (χ2v) is 3.80. The summed E-state index contributed by atoms with van der Waals surface area (Å²) in [5, 5.41) is 10.6. The monoisotopic (exact) mass is 277 g/mol. The number of carbonyl (C=O) groups is 1.